The van der Waals surface area contributed by atoms with Crippen molar-refractivity contribution >= 4 is 28.5 Å². The number of rotatable bonds is 14. The Hall–Kier alpha value is -3.34. The average molecular weight is 522 g/mol. The Bertz CT molecular complexity index is 1200. The number of aryl methyl sites for hydroxylation is 2. The smallest absolute Gasteiger partial charge is 0.326 e. The Kier molecular flexibility index (Phi) is 9.80. The Labute approximate surface area is 224 Å². The first-order chi connectivity index (χ1) is 18.4. The van der Waals surface area contributed by atoms with Gasteiger partial charge in [-0.3, -0.25) is 9.80 Å². The number of anilines is 2. The lowest BCUT2D eigenvalue weighted by atomic mass is 10.1. The maximum absolute atomic E-state index is 12.1. The van der Waals surface area contributed by atoms with Gasteiger partial charge in [0, 0.05) is 30.7 Å². The van der Waals surface area contributed by atoms with Crippen LogP contribution in [0.4, 0.5) is 11.6 Å². The first-order valence-corrected chi connectivity index (χ1v) is 13.4. The van der Waals surface area contributed by atoms with Gasteiger partial charge in [-0.15, -0.1) is 0 Å². The molecule has 0 radical (unpaired) electrons. The number of para-hydroxylation sites is 1. The third-order valence-electron chi connectivity index (χ3n) is 7.01. The van der Waals surface area contributed by atoms with Crippen molar-refractivity contribution in [2.45, 2.75) is 50.8 Å². The minimum Gasteiger partial charge on any atom is -0.480 e. The molecule has 4 rings (SSSR count). The predicted octanol–water partition coefficient (Wildman–Crippen LogP) is 2.84. The van der Waals surface area contributed by atoms with Crippen LogP contribution in [0.1, 0.15) is 36.9 Å². The van der Waals surface area contributed by atoms with E-state index in [0.29, 0.717) is 25.3 Å². The van der Waals surface area contributed by atoms with Crippen molar-refractivity contribution in [3.05, 3.63) is 54.0 Å². The highest BCUT2D eigenvalue weighted by Gasteiger charge is 2.22. The average Bonchev–Trinajstić information content (AvgIpc) is 2.92. The van der Waals surface area contributed by atoms with Crippen molar-refractivity contribution in [2.75, 3.05) is 50.9 Å². The van der Waals surface area contributed by atoms with E-state index in [0.717, 1.165) is 67.6 Å². The van der Waals surface area contributed by atoms with E-state index in [1.165, 1.54) is 11.9 Å². The van der Waals surface area contributed by atoms with Gasteiger partial charge in [-0.1, -0.05) is 18.2 Å². The Morgan fingerprint density at radius 1 is 1.13 bits per heavy atom. The summed E-state index contributed by atoms with van der Waals surface area (Å²) >= 11 is 0. The van der Waals surface area contributed by atoms with Crippen LogP contribution >= 0.6 is 0 Å². The van der Waals surface area contributed by atoms with E-state index in [2.05, 4.69) is 37.6 Å². The highest BCUT2D eigenvalue weighted by molar-refractivity contribution is 5.90. The van der Waals surface area contributed by atoms with E-state index >= 15 is 0 Å². The molecule has 2 atom stereocenters. The summed E-state index contributed by atoms with van der Waals surface area (Å²) in [6, 6.07) is 11.0. The summed E-state index contributed by atoms with van der Waals surface area (Å²) < 4.78 is 0. The highest BCUT2D eigenvalue weighted by Crippen LogP contribution is 2.21. The van der Waals surface area contributed by atoms with Crippen molar-refractivity contribution < 1.29 is 15.0 Å². The monoisotopic (exact) mass is 521 g/mol. The minimum absolute atomic E-state index is 0.367. The van der Waals surface area contributed by atoms with Gasteiger partial charge in [0.2, 0.25) is 0 Å². The zero-order chi connectivity index (χ0) is 26.9. The number of hydrogen-bond acceptors (Lipinski definition) is 9. The molecule has 0 saturated carbocycles. The minimum atomic E-state index is -0.937. The molecule has 0 amide bonds. The number of nitrogens with zero attached hydrogens (tertiary/aromatic N) is 5. The van der Waals surface area contributed by atoms with Gasteiger partial charge in [0.25, 0.3) is 0 Å². The van der Waals surface area contributed by atoms with E-state index in [-0.39, 0.29) is 0 Å². The zero-order valence-electron chi connectivity index (χ0n) is 22.3. The summed E-state index contributed by atoms with van der Waals surface area (Å²) in [5.74, 6) is 0.593. The Balaban J connectivity index is 1.34. The van der Waals surface area contributed by atoms with E-state index in [1.54, 1.807) is 4.90 Å². The topological polar surface area (TPSA) is 127 Å². The standard InChI is InChI=1S/C28H39N7O3/c1-34(2)25(36)18-35(16-6-5-9-21-13-12-20-8-7-15-29-26(20)32-21)17-14-24(28(37)38)33-27-22-10-3-4-11-23(22)30-19-31-27/h3-4,10-13,19,24-25,36H,5-9,14-18H2,1-2H3,(H,29,32)(H,37,38)(H,30,31,33). The van der Waals surface area contributed by atoms with Crippen LogP contribution in [0, 0.1) is 0 Å². The number of benzene rings is 1. The molecule has 4 N–H and O–H groups in total. The summed E-state index contributed by atoms with van der Waals surface area (Å²) in [7, 11) is 3.67. The highest BCUT2D eigenvalue weighted by atomic mass is 16.4. The second kappa shape index (κ2) is 13.5. The molecule has 0 bridgehead atoms. The molecule has 0 fully saturated rings. The normalized spacial score (nSPS) is 14.8. The van der Waals surface area contributed by atoms with Crippen LogP contribution < -0.4 is 10.6 Å². The number of fused-ring (bicyclic) bond motifs is 2. The number of carboxylic acid groups (broad SMARTS) is 1. The van der Waals surface area contributed by atoms with Crippen LogP contribution in [0.15, 0.2) is 42.7 Å². The molecule has 2 unspecified atom stereocenters. The largest absolute Gasteiger partial charge is 0.480 e. The third kappa shape index (κ3) is 7.59. The molecule has 2 aromatic heterocycles. The molecule has 0 spiro atoms. The maximum atomic E-state index is 12.1. The number of aliphatic hydroxyl groups is 1. The molecule has 0 aliphatic carbocycles. The van der Waals surface area contributed by atoms with Crippen molar-refractivity contribution in [1.29, 1.82) is 0 Å². The summed E-state index contributed by atoms with van der Waals surface area (Å²) in [4.78, 5) is 29.3. The zero-order valence-corrected chi connectivity index (χ0v) is 22.3. The van der Waals surface area contributed by atoms with Crippen molar-refractivity contribution in [3.8, 4) is 0 Å². The first-order valence-electron chi connectivity index (χ1n) is 13.4. The van der Waals surface area contributed by atoms with Gasteiger partial charge in [-0.05, 0) is 82.9 Å². The Morgan fingerprint density at radius 3 is 2.79 bits per heavy atom. The predicted molar refractivity (Wildman–Crippen MR) is 149 cm³/mol. The number of carbonyl (C=O) groups is 1. The number of aliphatic hydroxyl groups excluding tert-OH is 1. The maximum Gasteiger partial charge on any atom is 0.326 e. The summed E-state index contributed by atoms with van der Waals surface area (Å²) in [6.07, 6.45) is 6.18. The van der Waals surface area contributed by atoms with Gasteiger partial charge in [0.1, 0.15) is 30.2 Å². The molecule has 204 valence electrons. The number of likely N-dealkylation sites (N-methyl/N-ethyl adjacent to an activating group) is 1. The van der Waals surface area contributed by atoms with Gasteiger partial charge >= 0.3 is 5.97 Å². The molecule has 10 heteroatoms. The van der Waals surface area contributed by atoms with Crippen molar-refractivity contribution in [1.82, 2.24) is 24.8 Å². The van der Waals surface area contributed by atoms with Crippen LogP contribution in [0.25, 0.3) is 10.9 Å². The number of carboxylic acids is 1. The van der Waals surface area contributed by atoms with E-state index < -0.39 is 18.2 Å². The van der Waals surface area contributed by atoms with Gasteiger partial charge in [0.15, 0.2) is 0 Å². The van der Waals surface area contributed by atoms with E-state index in [9.17, 15) is 15.0 Å². The fourth-order valence-corrected chi connectivity index (χ4v) is 4.69. The molecular weight excluding hydrogens is 482 g/mol. The number of aliphatic carboxylic acids is 1. The van der Waals surface area contributed by atoms with Crippen LogP contribution in [0.2, 0.25) is 0 Å². The van der Waals surface area contributed by atoms with Crippen LogP contribution in [-0.2, 0) is 17.6 Å². The molecule has 1 aliphatic rings. The fraction of sp³-hybridized carbons (Fsp3) is 0.500. The number of nitrogens with one attached hydrogen (secondary N) is 2. The van der Waals surface area contributed by atoms with Crippen LogP contribution in [0.5, 0.6) is 0 Å². The van der Waals surface area contributed by atoms with Gasteiger partial charge in [-0.2, -0.15) is 0 Å². The SMILES string of the molecule is CN(C)C(O)CN(CCCCc1ccc2c(n1)NCCC2)CCC(Nc1ncnc2ccccc12)C(=O)O. The molecular formula is C28H39N7O3. The van der Waals surface area contributed by atoms with Crippen molar-refractivity contribution in [2.24, 2.45) is 0 Å². The van der Waals surface area contributed by atoms with Crippen molar-refractivity contribution in [3.63, 3.8) is 0 Å². The van der Waals surface area contributed by atoms with Crippen LogP contribution in [-0.4, -0.2) is 93.5 Å². The second-order valence-electron chi connectivity index (χ2n) is 10.1. The lowest BCUT2D eigenvalue weighted by molar-refractivity contribution is -0.138. The number of pyridine rings is 1. The molecule has 3 heterocycles. The number of aromatic nitrogens is 3. The molecule has 0 saturated heterocycles. The fourth-order valence-electron chi connectivity index (χ4n) is 4.69. The number of unbranched alkanes of at least 4 members (excludes halogenated alkanes) is 1. The summed E-state index contributed by atoms with van der Waals surface area (Å²) in [6.45, 7) is 2.71. The molecule has 38 heavy (non-hydrogen) atoms. The molecule has 3 aromatic rings. The lowest BCUT2D eigenvalue weighted by Crippen LogP contribution is -2.43. The Morgan fingerprint density at radius 2 is 1.97 bits per heavy atom. The molecule has 1 aromatic carbocycles. The number of hydrogen-bond donors (Lipinski definition) is 4. The first kappa shape index (κ1) is 27.7. The molecule has 10 nitrogen and oxygen atoms in total. The van der Waals surface area contributed by atoms with E-state index in [4.69, 9.17) is 4.98 Å². The quantitative estimate of drug-likeness (QED) is 0.186. The van der Waals surface area contributed by atoms with Crippen LogP contribution in [0.3, 0.4) is 0 Å². The lowest BCUT2D eigenvalue weighted by Gasteiger charge is -2.29. The second-order valence-corrected chi connectivity index (χ2v) is 10.1. The van der Waals surface area contributed by atoms with Gasteiger partial charge in [-0.25, -0.2) is 19.7 Å². The summed E-state index contributed by atoms with van der Waals surface area (Å²) in [5.41, 5.74) is 3.14. The van der Waals surface area contributed by atoms with Gasteiger partial charge < -0.3 is 20.8 Å². The molecule has 1 aliphatic heterocycles. The van der Waals surface area contributed by atoms with E-state index in [1.807, 2.05) is 38.4 Å². The van der Waals surface area contributed by atoms with Gasteiger partial charge in [0.05, 0.1) is 5.52 Å². The third-order valence-corrected chi connectivity index (χ3v) is 7.01. The summed E-state index contributed by atoms with van der Waals surface area (Å²) in [5, 5.41) is 27.7.